The van der Waals surface area contributed by atoms with Gasteiger partial charge in [0, 0.05) is 17.8 Å². The molecule has 0 aliphatic heterocycles. The second-order valence-corrected chi connectivity index (χ2v) is 4.82. The van der Waals surface area contributed by atoms with E-state index < -0.39 is 11.1 Å². The van der Waals surface area contributed by atoms with Gasteiger partial charge in [-0.15, -0.1) is 0 Å². The lowest BCUT2D eigenvalue weighted by Gasteiger charge is -2.07. The number of aromatic amines is 2. The van der Waals surface area contributed by atoms with Crippen LogP contribution in [0, 0.1) is 13.8 Å². The van der Waals surface area contributed by atoms with Crippen LogP contribution >= 0.6 is 0 Å². The molecule has 2 aromatic heterocycles. The number of rotatable bonds is 3. The van der Waals surface area contributed by atoms with Crippen LogP contribution in [0.5, 0.6) is 0 Å². The Balaban J connectivity index is 1.90. The number of nitrogens with zero attached hydrogens (tertiary/aromatic N) is 1. The Morgan fingerprint density at radius 1 is 1.14 bits per heavy atom. The minimum atomic E-state index is -0.662. The molecule has 0 spiro atoms. The highest BCUT2D eigenvalue weighted by Gasteiger charge is 2.08. The van der Waals surface area contributed by atoms with Gasteiger partial charge < -0.3 is 19.8 Å². The molecule has 0 radical (unpaired) electrons. The third kappa shape index (κ3) is 2.45. The second-order valence-electron chi connectivity index (χ2n) is 4.82. The average molecular weight is 286 g/mol. The van der Waals surface area contributed by atoms with Crippen molar-refractivity contribution in [3.05, 3.63) is 55.9 Å². The van der Waals surface area contributed by atoms with E-state index in [-0.39, 0.29) is 0 Å². The summed E-state index contributed by atoms with van der Waals surface area (Å²) in [7, 11) is 0. The van der Waals surface area contributed by atoms with E-state index in [1.165, 1.54) is 0 Å². The molecule has 7 heteroatoms. The number of benzene rings is 1. The monoisotopic (exact) mass is 286 g/mol. The lowest BCUT2D eigenvalue weighted by Crippen LogP contribution is -2.28. The summed E-state index contributed by atoms with van der Waals surface area (Å²) in [6.45, 7) is 4.32. The minimum absolute atomic E-state index is 0.570. The van der Waals surface area contributed by atoms with Gasteiger partial charge in [-0.2, -0.15) is 0 Å². The van der Waals surface area contributed by atoms with Gasteiger partial charge in [0.2, 0.25) is 0 Å². The predicted octanol–water partition coefficient (Wildman–Crippen LogP) is 1.43. The maximum Gasteiger partial charge on any atom is 0.314 e. The van der Waals surface area contributed by atoms with Crippen LogP contribution in [-0.2, 0) is 6.54 Å². The van der Waals surface area contributed by atoms with E-state index in [2.05, 4.69) is 20.4 Å². The van der Waals surface area contributed by atoms with Crippen LogP contribution in [0.25, 0.3) is 11.0 Å². The lowest BCUT2D eigenvalue weighted by molar-refractivity contribution is 0.392. The molecule has 3 aromatic rings. The average Bonchev–Trinajstić information content (AvgIpc) is 2.77. The Morgan fingerprint density at radius 3 is 2.52 bits per heavy atom. The zero-order valence-electron chi connectivity index (χ0n) is 11.6. The Bertz CT molecular complexity index is 900. The molecular formula is C14H14N4O3. The number of nitrogens with one attached hydrogen (secondary N) is 3. The summed E-state index contributed by atoms with van der Waals surface area (Å²) in [5.74, 6) is 0.776. The molecule has 3 rings (SSSR count). The molecule has 0 saturated carbocycles. The topological polar surface area (TPSA) is 104 Å². The van der Waals surface area contributed by atoms with E-state index >= 15 is 0 Å². The molecule has 0 amide bonds. The number of hydrogen-bond donors (Lipinski definition) is 3. The van der Waals surface area contributed by atoms with Crippen molar-refractivity contribution in [1.82, 2.24) is 15.1 Å². The first kappa shape index (κ1) is 13.2. The van der Waals surface area contributed by atoms with Crippen LogP contribution in [0.4, 0.5) is 5.69 Å². The highest BCUT2D eigenvalue weighted by Crippen LogP contribution is 2.17. The second kappa shape index (κ2) is 4.93. The van der Waals surface area contributed by atoms with E-state index in [1.807, 2.05) is 19.9 Å². The van der Waals surface area contributed by atoms with Gasteiger partial charge in [-0.05, 0) is 32.0 Å². The fourth-order valence-electron chi connectivity index (χ4n) is 2.17. The van der Waals surface area contributed by atoms with Gasteiger partial charge in [-0.25, -0.2) is 0 Å². The van der Waals surface area contributed by atoms with Crippen molar-refractivity contribution in [2.75, 3.05) is 5.32 Å². The minimum Gasteiger partial charge on any atom is -0.381 e. The summed E-state index contributed by atoms with van der Waals surface area (Å²) in [6.07, 6.45) is 0. The van der Waals surface area contributed by atoms with E-state index in [1.54, 1.807) is 12.1 Å². The fraction of sp³-hybridized carbons (Fsp3) is 0.214. The Labute approximate surface area is 119 Å². The van der Waals surface area contributed by atoms with Crippen LogP contribution < -0.4 is 16.4 Å². The van der Waals surface area contributed by atoms with Gasteiger partial charge in [-0.3, -0.25) is 9.59 Å². The third-order valence-corrected chi connectivity index (χ3v) is 3.37. The quantitative estimate of drug-likeness (QED) is 0.632. The number of H-pyrrole nitrogens is 2. The first-order valence-corrected chi connectivity index (χ1v) is 6.46. The van der Waals surface area contributed by atoms with Crippen molar-refractivity contribution in [2.24, 2.45) is 0 Å². The largest absolute Gasteiger partial charge is 0.381 e. The molecule has 0 aliphatic rings. The summed E-state index contributed by atoms with van der Waals surface area (Å²) in [5.41, 5.74) is 2.52. The SMILES string of the molecule is Cc1noc(C)c1CNc1ccc2[nH]c(=O)c(=O)[nH]c2c1. The van der Waals surface area contributed by atoms with Gasteiger partial charge in [0.15, 0.2) is 0 Å². The molecule has 0 bridgehead atoms. The van der Waals surface area contributed by atoms with Gasteiger partial charge in [0.1, 0.15) is 5.76 Å². The van der Waals surface area contributed by atoms with Crippen molar-refractivity contribution in [3.8, 4) is 0 Å². The van der Waals surface area contributed by atoms with Gasteiger partial charge in [0.05, 0.1) is 16.7 Å². The molecule has 7 nitrogen and oxygen atoms in total. The van der Waals surface area contributed by atoms with Crippen LogP contribution in [0.15, 0.2) is 32.3 Å². The summed E-state index contributed by atoms with van der Waals surface area (Å²) in [5, 5.41) is 7.14. The first-order valence-electron chi connectivity index (χ1n) is 6.46. The standard InChI is InChI=1S/C14H14N4O3/c1-7-10(8(2)21-18-7)6-15-9-3-4-11-12(5-9)17-14(20)13(19)16-11/h3-5,15H,6H2,1-2H3,(H,16,19)(H,17,20). The Morgan fingerprint density at radius 2 is 1.86 bits per heavy atom. The van der Waals surface area contributed by atoms with Crippen molar-refractivity contribution in [2.45, 2.75) is 20.4 Å². The molecule has 21 heavy (non-hydrogen) atoms. The Hall–Kier alpha value is -2.83. The van der Waals surface area contributed by atoms with Crippen molar-refractivity contribution in [1.29, 1.82) is 0 Å². The maximum atomic E-state index is 11.3. The van der Waals surface area contributed by atoms with Crippen molar-refractivity contribution in [3.63, 3.8) is 0 Å². The van der Waals surface area contributed by atoms with Crippen molar-refractivity contribution < 1.29 is 4.52 Å². The fourth-order valence-corrected chi connectivity index (χ4v) is 2.17. The summed E-state index contributed by atoms with van der Waals surface area (Å²) < 4.78 is 5.11. The van der Waals surface area contributed by atoms with E-state index in [0.717, 1.165) is 22.7 Å². The number of anilines is 1. The molecule has 0 fully saturated rings. The third-order valence-electron chi connectivity index (χ3n) is 3.37. The van der Waals surface area contributed by atoms with E-state index in [9.17, 15) is 9.59 Å². The zero-order valence-corrected chi connectivity index (χ0v) is 11.6. The highest BCUT2D eigenvalue weighted by molar-refractivity contribution is 5.78. The van der Waals surface area contributed by atoms with Crippen LogP contribution in [0.2, 0.25) is 0 Å². The molecule has 1 aromatic carbocycles. The summed E-state index contributed by atoms with van der Waals surface area (Å²) in [4.78, 5) is 27.6. The number of aromatic nitrogens is 3. The van der Waals surface area contributed by atoms with Crippen LogP contribution in [0.1, 0.15) is 17.0 Å². The molecule has 0 aliphatic carbocycles. The molecular weight excluding hydrogens is 272 g/mol. The molecule has 2 heterocycles. The van der Waals surface area contributed by atoms with E-state index in [4.69, 9.17) is 4.52 Å². The Kier molecular flexibility index (Phi) is 3.09. The number of hydrogen-bond acceptors (Lipinski definition) is 5. The highest BCUT2D eigenvalue weighted by atomic mass is 16.5. The van der Waals surface area contributed by atoms with Crippen LogP contribution in [-0.4, -0.2) is 15.1 Å². The number of aryl methyl sites for hydroxylation is 2. The lowest BCUT2D eigenvalue weighted by atomic mass is 10.2. The predicted molar refractivity (Wildman–Crippen MR) is 78.5 cm³/mol. The van der Waals surface area contributed by atoms with Crippen molar-refractivity contribution >= 4 is 16.7 Å². The molecule has 0 atom stereocenters. The van der Waals surface area contributed by atoms with Gasteiger partial charge in [-0.1, -0.05) is 5.16 Å². The summed E-state index contributed by atoms with van der Waals surface area (Å²) >= 11 is 0. The maximum absolute atomic E-state index is 11.3. The number of fused-ring (bicyclic) bond motifs is 1. The van der Waals surface area contributed by atoms with Gasteiger partial charge >= 0.3 is 11.1 Å². The summed E-state index contributed by atoms with van der Waals surface area (Å²) in [6, 6.07) is 5.34. The molecule has 0 unspecified atom stereocenters. The molecule has 108 valence electrons. The van der Waals surface area contributed by atoms with E-state index in [0.29, 0.717) is 17.6 Å². The zero-order chi connectivity index (χ0) is 15.0. The van der Waals surface area contributed by atoms with Gasteiger partial charge in [0.25, 0.3) is 0 Å². The normalized spacial score (nSPS) is 11.0. The molecule has 0 saturated heterocycles. The first-order chi connectivity index (χ1) is 10.0. The smallest absolute Gasteiger partial charge is 0.314 e. The van der Waals surface area contributed by atoms with Crippen LogP contribution in [0.3, 0.4) is 0 Å². The molecule has 3 N–H and O–H groups in total.